The van der Waals surface area contributed by atoms with Crippen molar-refractivity contribution < 1.29 is 9.53 Å². The van der Waals surface area contributed by atoms with Crippen molar-refractivity contribution in [2.75, 3.05) is 19.6 Å². The van der Waals surface area contributed by atoms with Gasteiger partial charge in [-0.25, -0.2) is 4.79 Å². The van der Waals surface area contributed by atoms with Crippen molar-refractivity contribution in [1.82, 2.24) is 10.2 Å². The summed E-state index contributed by atoms with van der Waals surface area (Å²) in [5.74, 6) is 0.538. The number of piperidine rings is 3. The normalized spacial score (nSPS) is 27.0. The van der Waals surface area contributed by atoms with Gasteiger partial charge in [-0.1, -0.05) is 63.2 Å². The Hall–Kier alpha value is -2.33. The Morgan fingerprint density at radius 3 is 2.53 bits per heavy atom. The van der Waals surface area contributed by atoms with Crippen LogP contribution in [-0.4, -0.2) is 36.7 Å². The lowest BCUT2D eigenvalue weighted by atomic mass is 9.83. The second-order valence-electron chi connectivity index (χ2n) is 10.9. The third-order valence-electron chi connectivity index (χ3n) is 7.67. The van der Waals surface area contributed by atoms with E-state index in [-0.39, 0.29) is 23.7 Å². The van der Waals surface area contributed by atoms with Crippen LogP contribution >= 0.6 is 0 Å². The van der Waals surface area contributed by atoms with Crippen LogP contribution in [0.4, 0.5) is 4.79 Å². The predicted octanol–water partition coefficient (Wildman–Crippen LogP) is 5.85. The van der Waals surface area contributed by atoms with Gasteiger partial charge in [0.15, 0.2) is 0 Å². The second kappa shape index (κ2) is 8.55. The Morgan fingerprint density at radius 1 is 1.03 bits per heavy atom. The van der Waals surface area contributed by atoms with Gasteiger partial charge in [0, 0.05) is 6.54 Å². The van der Waals surface area contributed by atoms with E-state index in [1.165, 1.54) is 27.8 Å². The van der Waals surface area contributed by atoms with E-state index >= 15 is 0 Å². The van der Waals surface area contributed by atoms with Crippen LogP contribution in [0.15, 0.2) is 42.5 Å². The highest BCUT2D eigenvalue weighted by molar-refractivity contribution is 5.69. The molecule has 3 fully saturated rings. The summed E-state index contributed by atoms with van der Waals surface area (Å²) in [7, 11) is 0. The number of hydrogen-bond donors (Lipinski definition) is 1. The first kappa shape index (κ1) is 21.5. The first-order valence-corrected chi connectivity index (χ1v) is 12.3. The van der Waals surface area contributed by atoms with Gasteiger partial charge in [-0.05, 0) is 84.3 Å². The lowest BCUT2D eigenvalue weighted by Gasteiger charge is -2.44. The maximum atomic E-state index is 12.7. The first-order chi connectivity index (χ1) is 15.4. The Balaban J connectivity index is 1.30. The molecule has 4 nitrogen and oxygen atoms in total. The van der Waals surface area contributed by atoms with Crippen molar-refractivity contribution in [3.63, 3.8) is 0 Å². The summed E-state index contributed by atoms with van der Waals surface area (Å²) in [6, 6.07) is 15.7. The standard InChI is InChI=1S/C28H36N2O2/c1-28(2,3)23-8-4-6-20(17-23)21-10-11-24-22(16-21)7-5-9-25(24)29-27(31)32-26-18-30-14-12-19(26)13-15-30/h4,6,8,10-11,16-17,19,25-26H,5,7,9,12-15,18H2,1-3H3,(H,29,31)/t25?,26-/m0/s1. The number of amides is 1. The molecule has 32 heavy (non-hydrogen) atoms. The summed E-state index contributed by atoms with van der Waals surface area (Å²) < 4.78 is 5.89. The van der Waals surface area contributed by atoms with Crippen molar-refractivity contribution in [3.8, 4) is 11.1 Å². The molecule has 1 unspecified atom stereocenters. The van der Waals surface area contributed by atoms with Crippen molar-refractivity contribution in [2.24, 2.45) is 5.92 Å². The van der Waals surface area contributed by atoms with Gasteiger partial charge in [0.2, 0.25) is 0 Å². The predicted molar refractivity (Wildman–Crippen MR) is 129 cm³/mol. The van der Waals surface area contributed by atoms with E-state index in [4.69, 9.17) is 4.74 Å². The monoisotopic (exact) mass is 432 g/mol. The lowest BCUT2D eigenvalue weighted by Crippen LogP contribution is -2.52. The first-order valence-electron chi connectivity index (χ1n) is 12.3. The van der Waals surface area contributed by atoms with Gasteiger partial charge in [-0.3, -0.25) is 4.90 Å². The van der Waals surface area contributed by atoms with Gasteiger partial charge >= 0.3 is 6.09 Å². The Morgan fingerprint density at radius 2 is 1.81 bits per heavy atom. The molecule has 2 atom stereocenters. The minimum absolute atomic E-state index is 0.0438. The molecule has 0 aromatic heterocycles. The molecule has 3 aliphatic heterocycles. The smallest absolute Gasteiger partial charge is 0.407 e. The Kier molecular flexibility index (Phi) is 5.75. The van der Waals surface area contributed by atoms with E-state index in [2.05, 4.69) is 73.5 Å². The molecule has 1 amide bonds. The number of ether oxygens (including phenoxy) is 1. The molecular formula is C28H36N2O2. The van der Waals surface area contributed by atoms with E-state index < -0.39 is 0 Å². The van der Waals surface area contributed by atoms with Crippen LogP contribution in [-0.2, 0) is 16.6 Å². The number of nitrogens with zero attached hydrogens (tertiary/aromatic N) is 1. The fraction of sp³-hybridized carbons (Fsp3) is 0.536. The van der Waals surface area contributed by atoms with E-state index in [0.29, 0.717) is 5.92 Å². The second-order valence-corrected chi connectivity index (χ2v) is 10.9. The minimum atomic E-state index is -0.247. The molecule has 0 spiro atoms. The summed E-state index contributed by atoms with van der Waals surface area (Å²) in [5, 5.41) is 3.19. The highest BCUT2D eigenvalue weighted by atomic mass is 16.6. The topological polar surface area (TPSA) is 41.6 Å². The molecule has 170 valence electrons. The number of rotatable bonds is 3. The maximum absolute atomic E-state index is 12.7. The number of fused-ring (bicyclic) bond motifs is 4. The fourth-order valence-electron chi connectivity index (χ4n) is 5.67. The average Bonchev–Trinajstić information content (AvgIpc) is 2.79. The van der Waals surface area contributed by atoms with Crippen LogP contribution in [0.1, 0.15) is 69.2 Å². The van der Waals surface area contributed by atoms with E-state index in [9.17, 15) is 4.79 Å². The SMILES string of the molecule is CC(C)(C)c1cccc(-c2ccc3c(c2)CCCC3NC(=O)O[C@H]2CN3CCC2CC3)c1. The quantitative estimate of drug-likeness (QED) is 0.662. The van der Waals surface area contributed by atoms with E-state index in [1.807, 2.05) is 0 Å². The van der Waals surface area contributed by atoms with Gasteiger partial charge in [-0.2, -0.15) is 0 Å². The zero-order valence-corrected chi connectivity index (χ0v) is 19.7. The molecular weight excluding hydrogens is 396 g/mol. The molecule has 3 saturated heterocycles. The number of benzene rings is 2. The number of aryl methyl sites for hydroxylation is 1. The Bertz CT molecular complexity index is 985. The van der Waals surface area contributed by atoms with Crippen LogP contribution in [0.5, 0.6) is 0 Å². The van der Waals surface area contributed by atoms with Gasteiger partial charge in [-0.15, -0.1) is 0 Å². The molecule has 6 rings (SSSR count). The molecule has 0 saturated carbocycles. The van der Waals surface area contributed by atoms with Crippen molar-refractivity contribution in [3.05, 3.63) is 59.2 Å². The number of nitrogens with one attached hydrogen (secondary N) is 1. The van der Waals surface area contributed by atoms with Gasteiger partial charge in [0.1, 0.15) is 6.10 Å². The van der Waals surface area contributed by atoms with E-state index in [1.54, 1.807) is 0 Å². The zero-order chi connectivity index (χ0) is 22.3. The van der Waals surface area contributed by atoms with Crippen LogP contribution in [0.25, 0.3) is 11.1 Å². The molecule has 4 aliphatic rings. The van der Waals surface area contributed by atoms with Crippen molar-refractivity contribution >= 4 is 6.09 Å². The van der Waals surface area contributed by atoms with Crippen molar-refractivity contribution in [2.45, 2.75) is 70.4 Å². The third-order valence-corrected chi connectivity index (χ3v) is 7.67. The minimum Gasteiger partial charge on any atom is -0.445 e. The number of hydrogen-bond acceptors (Lipinski definition) is 3. The average molecular weight is 433 g/mol. The number of alkyl carbamates (subject to hydrolysis) is 1. The zero-order valence-electron chi connectivity index (χ0n) is 19.7. The molecule has 2 aromatic carbocycles. The summed E-state index contributed by atoms with van der Waals surface area (Å²) in [6.07, 6.45) is 5.24. The maximum Gasteiger partial charge on any atom is 0.407 e. The molecule has 2 bridgehead atoms. The molecule has 1 aliphatic carbocycles. The van der Waals surface area contributed by atoms with Crippen LogP contribution in [0, 0.1) is 5.92 Å². The largest absolute Gasteiger partial charge is 0.445 e. The summed E-state index contributed by atoms with van der Waals surface area (Å²) in [4.78, 5) is 15.2. The van der Waals surface area contributed by atoms with Crippen LogP contribution in [0.2, 0.25) is 0 Å². The van der Waals surface area contributed by atoms with Crippen molar-refractivity contribution in [1.29, 1.82) is 0 Å². The summed E-state index contributed by atoms with van der Waals surface area (Å²) in [6.45, 7) is 9.97. The third kappa shape index (κ3) is 4.43. The van der Waals surface area contributed by atoms with Crippen LogP contribution in [0.3, 0.4) is 0 Å². The van der Waals surface area contributed by atoms with Gasteiger partial charge in [0.05, 0.1) is 6.04 Å². The Labute approximate surface area is 192 Å². The fourth-order valence-corrected chi connectivity index (χ4v) is 5.67. The molecule has 3 heterocycles. The lowest BCUT2D eigenvalue weighted by molar-refractivity contribution is -0.0340. The molecule has 4 heteroatoms. The van der Waals surface area contributed by atoms with E-state index in [0.717, 1.165) is 51.7 Å². The highest BCUT2D eigenvalue weighted by Crippen LogP contribution is 2.35. The number of carbonyl (C=O) groups is 1. The molecule has 2 aromatic rings. The molecule has 1 N–H and O–H groups in total. The number of carbonyl (C=O) groups excluding carboxylic acids is 1. The molecule has 0 radical (unpaired) electrons. The summed E-state index contributed by atoms with van der Waals surface area (Å²) in [5.41, 5.74) is 6.60. The van der Waals surface area contributed by atoms with Gasteiger partial charge < -0.3 is 10.1 Å². The summed E-state index contributed by atoms with van der Waals surface area (Å²) >= 11 is 0. The van der Waals surface area contributed by atoms with Gasteiger partial charge in [0.25, 0.3) is 0 Å². The van der Waals surface area contributed by atoms with Crippen LogP contribution < -0.4 is 5.32 Å². The highest BCUT2D eigenvalue weighted by Gasteiger charge is 2.37.